The molecule has 194 valence electrons. The molecule has 1 aliphatic heterocycles. The molecule has 2 amide bonds. The lowest BCUT2D eigenvalue weighted by Crippen LogP contribution is -2.45. The van der Waals surface area contributed by atoms with Gasteiger partial charge in [-0.15, -0.1) is 17.9 Å². The number of rotatable bonds is 7. The third kappa shape index (κ3) is 4.76. The Balaban J connectivity index is 1.44. The topological polar surface area (TPSA) is 87.7 Å². The van der Waals surface area contributed by atoms with Gasteiger partial charge in [-0.25, -0.2) is 18.3 Å². The number of halogens is 2. The van der Waals surface area contributed by atoms with Crippen molar-refractivity contribution in [1.29, 1.82) is 0 Å². The van der Waals surface area contributed by atoms with Gasteiger partial charge in [0.25, 0.3) is 5.91 Å². The van der Waals surface area contributed by atoms with Crippen LogP contribution in [0.4, 0.5) is 5.69 Å². The Kier molecular flexibility index (Phi) is 7.15. The van der Waals surface area contributed by atoms with Crippen molar-refractivity contribution in [3.63, 3.8) is 0 Å². The molecule has 0 radical (unpaired) electrons. The van der Waals surface area contributed by atoms with Gasteiger partial charge in [-0.05, 0) is 67.1 Å². The van der Waals surface area contributed by atoms with Crippen LogP contribution in [0, 0.1) is 6.92 Å². The van der Waals surface area contributed by atoms with Crippen molar-refractivity contribution in [3.8, 4) is 10.6 Å². The van der Waals surface area contributed by atoms with Crippen molar-refractivity contribution in [2.24, 2.45) is 0 Å². The summed E-state index contributed by atoms with van der Waals surface area (Å²) in [6.45, 7) is 5.45. The third-order valence-corrected chi connectivity index (χ3v) is 9.83. The molecule has 1 atom stereocenters. The van der Waals surface area contributed by atoms with Crippen LogP contribution in [0.2, 0.25) is 10.0 Å². The molecule has 1 aliphatic rings. The van der Waals surface area contributed by atoms with E-state index in [0.717, 1.165) is 35.6 Å². The second-order valence-corrected chi connectivity index (χ2v) is 12.5. The van der Waals surface area contributed by atoms with Crippen LogP contribution in [0.25, 0.3) is 20.8 Å². The molecule has 0 bridgehead atoms. The summed E-state index contributed by atoms with van der Waals surface area (Å²) in [7, 11) is -4.28. The van der Waals surface area contributed by atoms with E-state index < -0.39 is 27.9 Å². The molecule has 1 saturated heterocycles. The number of hydrogen-bond acceptors (Lipinski definition) is 6. The number of benzene rings is 3. The van der Waals surface area contributed by atoms with Crippen LogP contribution in [0.1, 0.15) is 12.0 Å². The lowest BCUT2D eigenvalue weighted by molar-refractivity contribution is -0.122. The predicted octanol–water partition coefficient (Wildman–Crippen LogP) is 6.09. The predicted molar refractivity (Wildman–Crippen MR) is 151 cm³/mol. The smallest absolute Gasteiger partial charge is 0.252 e. The van der Waals surface area contributed by atoms with Gasteiger partial charge >= 0.3 is 0 Å². The molecular weight excluding hydrogens is 565 g/mol. The van der Waals surface area contributed by atoms with Crippen LogP contribution in [0.3, 0.4) is 0 Å². The van der Waals surface area contributed by atoms with Crippen molar-refractivity contribution in [3.05, 3.63) is 88.9 Å². The van der Waals surface area contributed by atoms with E-state index in [4.69, 9.17) is 23.2 Å². The van der Waals surface area contributed by atoms with E-state index >= 15 is 0 Å². The van der Waals surface area contributed by atoms with Gasteiger partial charge < -0.3 is 0 Å². The maximum atomic E-state index is 13.5. The first-order chi connectivity index (χ1) is 18.1. The average Bonchev–Trinajstić information content (AvgIpc) is 3.43. The van der Waals surface area contributed by atoms with Gasteiger partial charge in [0.2, 0.25) is 15.9 Å². The number of imide groups is 1. The number of carbonyl (C=O) groups excluding carboxylic acids is 2. The van der Waals surface area contributed by atoms with Crippen LogP contribution in [-0.2, 0) is 19.6 Å². The Morgan fingerprint density at radius 2 is 1.84 bits per heavy atom. The van der Waals surface area contributed by atoms with Gasteiger partial charge in [0.05, 0.1) is 27.3 Å². The fourth-order valence-corrected chi connectivity index (χ4v) is 7.70. The molecule has 1 aromatic heterocycles. The Bertz CT molecular complexity index is 1700. The number of aromatic nitrogens is 1. The number of amides is 2. The van der Waals surface area contributed by atoms with E-state index in [0.29, 0.717) is 5.69 Å². The molecule has 4 aromatic rings. The average molecular weight is 587 g/mol. The molecule has 3 aromatic carbocycles. The summed E-state index contributed by atoms with van der Waals surface area (Å²) in [6.07, 6.45) is 1.04. The summed E-state index contributed by atoms with van der Waals surface area (Å²) in [5, 5.41) is 0.943. The minimum atomic E-state index is -4.28. The monoisotopic (exact) mass is 585 g/mol. The first-order valence-corrected chi connectivity index (χ1v) is 14.5. The maximum Gasteiger partial charge on any atom is 0.252 e. The highest BCUT2D eigenvalue weighted by molar-refractivity contribution is 7.89. The van der Waals surface area contributed by atoms with E-state index in [1.807, 2.05) is 19.1 Å². The highest BCUT2D eigenvalue weighted by Crippen LogP contribution is 2.35. The van der Waals surface area contributed by atoms with Gasteiger partial charge in [-0.3, -0.25) is 9.59 Å². The second-order valence-electron chi connectivity index (χ2n) is 8.76. The molecule has 38 heavy (non-hydrogen) atoms. The Morgan fingerprint density at radius 1 is 1.11 bits per heavy atom. The normalized spacial score (nSPS) is 16.1. The second kappa shape index (κ2) is 10.2. The fraction of sp³-hybridized carbons (Fsp3) is 0.148. The Labute approximate surface area is 234 Å². The number of fused-ring (bicyclic) bond motifs is 1. The van der Waals surface area contributed by atoms with Crippen LogP contribution in [-0.4, -0.2) is 42.1 Å². The molecule has 11 heteroatoms. The quantitative estimate of drug-likeness (QED) is 0.193. The van der Waals surface area contributed by atoms with Crippen LogP contribution in [0.15, 0.2) is 78.2 Å². The highest BCUT2D eigenvalue weighted by Gasteiger charge is 2.47. The molecule has 0 aliphatic carbocycles. The molecule has 0 spiro atoms. The van der Waals surface area contributed by atoms with Gasteiger partial charge in [0, 0.05) is 17.1 Å². The van der Waals surface area contributed by atoms with Gasteiger partial charge in [-0.1, -0.05) is 35.3 Å². The molecule has 1 fully saturated rings. The molecule has 7 nitrogen and oxygen atoms in total. The van der Waals surface area contributed by atoms with E-state index in [1.165, 1.54) is 24.3 Å². The number of sulfonamides is 1. The number of nitrogens with zero attached hydrogens (tertiary/aromatic N) is 3. The van der Waals surface area contributed by atoms with Crippen molar-refractivity contribution in [2.75, 3.05) is 11.4 Å². The summed E-state index contributed by atoms with van der Waals surface area (Å²) in [5.74, 6) is -1.16. The molecule has 0 N–H and O–H groups in total. The summed E-state index contributed by atoms with van der Waals surface area (Å²) in [5.41, 5.74) is 3.24. The summed E-state index contributed by atoms with van der Waals surface area (Å²) >= 11 is 13.7. The maximum absolute atomic E-state index is 13.5. The number of hydrogen-bond donors (Lipinski definition) is 0. The molecule has 5 rings (SSSR count). The van der Waals surface area contributed by atoms with E-state index in [9.17, 15) is 18.0 Å². The van der Waals surface area contributed by atoms with Crippen molar-refractivity contribution in [2.45, 2.75) is 24.3 Å². The van der Waals surface area contributed by atoms with Gasteiger partial charge in [-0.2, -0.15) is 4.31 Å². The van der Waals surface area contributed by atoms with E-state index in [-0.39, 0.29) is 27.9 Å². The largest absolute Gasteiger partial charge is 0.274 e. The first-order valence-electron chi connectivity index (χ1n) is 11.5. The number of carbonyl (C=O) groups is 2. The van der Waals surface area contributed by atoms with Gasteiger partial charge in [0.15, 0.2) is 0 Å². The van der Waals surface area contributed by atoms with Gasteiger partial charge in [0.1, 0.15) is 15.9 Å². The summed E-state index contributed by atoms with van der Waals surface area (Å²) in [4.78, 5) is 31.9. The number of thiazole rings is 1. The van der Waals surface area contributed by atoms with Crippen LogP contribution in [0.5, 0.6) is 0 Å². The minimum Gasteiger partial charge on any atom is -0.274 e. The SMILES string of the molecule is C=CCN(C1CC(=O)N(c2ccc(-c3nc4ccc(C)cc4s3)cc2)C1=O)S(=O)(=O)c1cc(Cl)ccc1Cl. The van der Waals surface area contributed by atoms with Crippen molar-refractivity contribution >= 4 is 72.3 Å². The zero-order valence-electron chi connectivity index (χ0n) is 20.1. The Morgan fingerprint density at radius 3 is 2.55 bits per heavy atom. The van der Waals surface area contributed by atoms with Crippen molar-refractivity contribution in [1.82, 2.24) is 9.29 Å². The lowest BCUT2D eigenvalue weighted by Gasteiger charge is -2.26. The molecule has 0 saturated carbocycles. The minimum absolute atomic E-state index is 0.0438. The number of anilines is 1. The molecule has 2 heterocycles. The molecule has 1 unspecified atom stereocenters. The highest BCUT2D eigenvalue weighted by atomic mass is 35.5. The zero-order valence-corrected chi connectivity index (χ0v) is 23.2. The fourth-order valence-electron chi connectivity index (χ4n) is 4.34. The van der Waals surface area contributed by atoms with E-state index in [2.05, 4.69) is 17.6 Å². The van der Waals surface area contributed by atoms with E-state index in [1.54, 1.807) is 35.6 Å². The summed E-state index contributed by atoms with van der Waals surface area (Å²) in [6, 6.07) is 15.7. The Hall–Kier alpha value is -3.08. The third-order valence-electron chi connectivity index (χ3n) is 6.18. The van der Waals surface area contributed by atoms with Crippen LogP contribution < -0.4 is 4.90 Å². The molecular formula is C27H21Cl2N3O4S2. The zero-order chi connectivity index (χ0) is 27.2. The first kappa shape index (κ1) is 26.5. The van der Waals surface area contributed by atoms with Crippen LogP contribution >= 0.6 is 34.5 Å². The standard InChI is InChI=1S/C27H21Cl2N3O4S2/c1-3-12-31(38(35,36)24-14-18(28)7-10-20(24)29)22-15-25(33)32(27(22)34)19-8-5-17(6-9-19)26-30-21-11-4-16(2)13-23(21)37-26/h3-11,13-14,22H,1,12,15H2,2H3. The summed E-state index contributed by atoms with van der Waals surface area (Å²) < 4.78 is 29.1. The van der Waals surface area contributed by atoms with Crippen molar-refractivity contribution < 1.29 is 18.0 Å². The number of aryl methyl sites for hydroxylation is 1. The lowest BCUT2D eigenvalue weighted by atomic mass is 10.2.